The number of halogens is 3. The molecule has 0 N–H and O–H groups in total. The fourth-order valence-electron chi connectivity index (χ4n) is 1.11. The number of carbonyl (C=O) groups excluding carboxylic acids is 1. The van der Waals surface area contributed by atoms with Crippen LogP contribution in [0.1, 0.15) is 15.9 Å². The van der Waals surface area contributed by atoms with Crippen molar-refractivity contribution >= 4 is 17.6 Å². The number of carbonyl (C=O) groups is 1. The predicted molar refractivity (Wildman–Crippen MR) is 54.1 cm³/mol. The van der Waals surface area contributed by atoms with Gasteiger partial charge in [0.15, 0.2) is 0 Å². The Bertz CT molecular complexity index is 485. The third-order valence-electron chi connectivity index (χ3n) is 1.81. The van der Waals surface area contributed by atoms with E-state index in [1.54, 1.807) is 6.07 Å². The summed E-state index contributed by atoms with van der Waals surface area (Å²) in [7, 11) is 1.10. The molecule has 0 saturated heterocycles. The average molecular weight is 262 g/mol. The molecular formula is C10H6ClF2NO3. The molecule has 7 heteroatoms. The molecule has 17 heavy (non-hydrogen) atoms. The molecule has 0 aliphatic carbocycles. The first-order valence-electron chi connectivity index (χ1n) is 4.26. The summed E-state index contributed by atoms with van der Waals surface area (Å²) >= 11 is 5.61. The number of rotatable bonds is 3. The maximum atomic E-state index is 12.0. The van der Waals surface area contributed by atoms with Crippen LogP contribution in [-0.4, -0.2) is 19.7 Å². The monoisotopic (exact) mass is 261 g/mol. The van der Waals surface area contributed by atoms with Crippen LogP contribution in [0.5, 0.6) is 5.75 Å². The standard InChI is InChI=1S/C10H6ClF2NO3/c1-16-9(15)6-3-8(17-10(12)13)7(11)2-5(6)4-14/h2-3,10H,1H3. The normalized spacial score (nSPS) is 9.88. The highest BCUT2D eigenvalue weighted by Crippen LogP contribution is 2.29. The Balaban J connectivity index is 3.28. The minimum absolute atomic E-state index is 0.0801. The van der Waals surface area contributed by atoms with E-state index in [-0.39, 0.29) is 21.9 Å². The largest absolute Gasteiger partial charge is 0.465 e. The lowest BCUT2D eigenvalue weighted by atomic mass is 10.1. The molecule has 0 atom stereocenters. The van der Waals surface area contributed by atoms with Crippen LogP contribution in [0.2, 0.25) is 5.02 Å². The third-order valence-corrected chi connectivity index (χ3v) is 2.11. The van der Waals surface area contributed by atoms with Gasteiger partial charge in [0.2, 0.25) is 0 Å². The maximum absolute atomic E-state index is 12.0. The number of nitriles is 1. The van der Waals surface area contributed by atoms with Crippen molar-refractivity contribution in [3.63, 3.8) is 0 Å². The van der Waals surface area contributed by atoms with Crippen molar-refractivity contribution in [1.29, 1.82) is 5.26 Å². The summed E-state index contributed by atoms with van der Waals surface area (Å²) in [6, 6.07) is 3.71. The zero-order valence-electron chi connectivity index (χ0n) is 8.54. The van der Waals surface area contributed by atoms with E-state index >= 15 is 0 Å². The first-order chi connectivity index (χ1) is 7.99. The summed E-state index contributed by atoms with van der Waals surface area (Å²) in [5, 5.41) is 8.57. The Hall–Kier alpha value is -1.87. The van der Waals surface area contributed by atoms with E-state index in [1.807, 2.05) is 0 Å². The van der Waals surface area contributed by atoms with Crippen molar-refractivity contribution in [1.82, 2.24) is 0 Å². The molecule has 0 amide bonds. The molecule has 0 aliphatic rings. The van der Waals surface area contributed by atoms with Gasteiger partial charge in [0, 0.05) is 0 Å². The minimum atomic E-state index is -3.08. The van der Waals surface area contributed by atoms with Gasteiger partial charge in [-0.1, -0.05) is 11.6 Å². The van der Waals surface area contributed by atoms with Gasteiger partial charge in [-0.15, -0.1) is 0 Å². The second-order valence-corrected chi connectivity index (χ2v) is 3.22. The minimum Gasteiger partial charge on any atom is -0.465 e. The number of ether oxygens (including phenoxy) is 2. The summed E-state index contributed by atoms with van der Waals surface area (Å²) in [6.45, 7) is -3.08. The summed E-state index contributed by atoms with van der Waals surface area (Å²) < 4.78 is 32.6. The zero-order chi connectivity index (χ0) is 13.0. The number of hydrogen-bond acceptors (Lipinski definition) is 4. The highest BCUT2D eigenvalue weighted by molar-refractivity contribution is 6.32. The quantitative estimate of drug-likeness (QED) is 0.785. The Morgan fingerprint density at radius 1 is 1.53 bits per heavy atom. The van der Waals surface area contributed by atoms with Crippen LogP contribution in [0, 0.1) is 11.3 Å². The van der Waals surface area contributed by atoms with E-state index in [0.717, 1.165) is 19.2 Å². The van der Waals surface area contributed by atoms with Crippen LogP contribution in [0.4, 0.5) is 8.78 Å². The van der Waals surface area contributed by atoms with E-state index in [1.165, 1.54) is 0 Å². The lowest BCUT2D eigenvalue weighted by Gasteiger charge is -2.09. The smallest absolute Gasteiger partial charge is 0.387 e. The number of esters is 1. The molecule has 4 nitrogen and oxygen atoms in total. The van der Waals surface area contributed by atoms with Gasteiger partial charge in [-0.25, -0.2) is 4.79 Å². The lowest BCUT2D eigenvalue weighted by Crippen LogP contribution is -2.07. The van der Waals surface area contributed by atoms with Crippen molar-refractivity contribution in [3.8, 4) is 11.8 Å². The number of alkyl halides is 2. The van der Waals surface area contributed by atoms with Gasteiger partial charge in [-0.2, -0.15) is 14.0 Å². The average Bonchev–Trinajstić information content (AvgIpc) is 2.29. The molecule has 0 bridgehead atoms. The molecular weight excluding hydrogens is 256 g/mol. The fourth-order valence-corrected chi connectivity index (χ4v) is 1.32. The van der Waals surface area contributed by atoms with Crippen molar-refractivity contribution in [3.05, 3.63) is 28.3 Å². The van der Waals surface area contributed by atoms with Crippen LogP contribution < -0.4 is 4.74 Å². The molecule has 1 rings (SSSR count). The third kappa shape index (κ3) is 3.04. The van der Waals surface area contributed by atoms with Crippen molar-refractivity contribution in [2.24, 2.45) is 0 Å². The Labute approximate surface area is 100 Å². The van der Waals surface area contributed by atoms with Gasteiger partial charge < -0.3 is 9.47 Å². The molecule has 1 aromatic carbocycles. The van der Waals surface area contributed by atoms with Crippen LogP contribution in [-0.2, 0) is 4.74 Å². The molecule has 0 aliphatic heterocycles. The molecule has 0 radical (unpaired) electrons. The Morgan fingerprint density at radius 2 is 2.18 bits per heavy atom. The number of nitrogens with zero attached hydrogens (tertiary/aromatic N) is 1. The molecule has 0 spiro atoms. The molecule has 1 aromatic rings. The van der Waals surface area contributed by atoms with Gasteiger partial charge >= 0.3 is 12.6 Å². The molecule has 0 saturated carbocycles. The molecule has 0 aromatic heterocycles. The van der Waals surface area contributed by atoms with Crippen LogP contribution in [0.15, 0.2) is 12.1 Å². The lowest BCUT2D eigenvalue weighted by molar-refractivity contribution is -0.0498. The van der Waals surface area contributed by atoms with E-state index in [2.05, 4.69) is 9.47 Å². The van der Waals surface area contributed by atoms with Gasteiger partial charge in [0.1, 0.15) is 11.8 Å². The van der Waals surface area contributed by atoms with Crippen LogP contribution >= 0.6 is 11.6 Å². The number of benzene rings is 1. The first kappa shape index (κ1) is 13.2. The van der Waals surface area contributed by atoms with Gasteiger partial charge in [-0.3, -0.25) is 0 Å². The van der Waals surface area contributed by atoms with Gasteiger partial charge in [0.25, 0.3) is 0 Å². The molecule has 0 unspecified atom stereocenters. The maximum Gasteiger partial charge on any atom is 0.387 e. The topological polar surface area (TPSA) is 59.3 Å². The summed E-state index contributed by atoms with van der Waals surface area (Å²) in [5.74, 6) is -1.22. The molecule has 0 heterocycles. The number of hydrogen-bond donors (Lipinski definition) is 0. The van der Waals surface area contributed by atoms with Crippen molar-refractivity contribution in [2.45, 2.75) is 6.61 Å². The Kier molecular flexibility index (Phi) is 4.24. The van der Waals surface area contributed by atoms with Crippen molar-refractivity contribution in [2.75, 3.05) is 7.11 Å². The van der Waals surface area contributed by atoms with E-state index < -0.39 is 12.6 Å². The SMILES string of the molecule is COC(=O)c1cc(OC(F)F)c(Cl)cc1C#N. The fraction of sp³-hybridized carbons (Fsp3) is 0.200. The van der Waals surface area contributed by atoms with E-state index in [0.29, 0.717) is 0 Å². The van der Waals surface area contributed by atoms with E-state index in [4.69, 9.17) is 16.9 Å². The summed E-state index contributed by atoms with van der Waals surface area (Å²) in [5.41, 5.74) is -0.265. The molecule has 0 fully saturated rings. The summed E-state index contributed by atoms with van der Waals surface area (Å²) in [4.78, 5) is 11.3. The summed E-state index contributed by atoms with van der Waals surface area (Å²) in [6.07, 6.45) is 0. The number of methoxy groups -OCH3 is 1. The first-order valence-corrected chi connectivity index (χ1v) is 4.64. The van der Waals surface area contributed by atoms with Crippen molar-refractivity contribution < 1.29 is 23.0 Å². The van der Waals surface area contributed by atoms with Crippen LogP contribution in [0.25, 0.3) is 0 Å². The highest BCUT2D eigenvalue weighted by Gasteiger charge is 2.18. The van der Waals surface area contributed by atoms with Gasteiger partial charge in [0.05, 0.1) is 23.3 Å². The molecule has 90 valence electrons. The van der Waals surface area contributed by atoms with E-state index in [9.17, 15) is 13.6 Å². The van der Waals surface area contributed by atoms with Crippen LogP contribution in [0.3, 0.4) is 0 Å². The second kappa shape index (κ2) is 5.46. The van der Waals surface area contributed by atoms with Gasteiger partial charge in [-0.05, 0) is 12.1 Å². The zero-order valence-corrected chi connectivity index (χ0v) is 9.29. The second-order valence-electron chi connectivity index (χ2n) is 2.81. The Morgan fingerprint density at radius 3 is 2.65 bits per heavy atom. The highest BCUT2D eigenvalue weighted by atomic mass is 35.5. The predicted octanol–water partition coefficient (Wildman–Crippen LogP) is 2.60.